The molecule has 0 aromatic heterocycles. The minimum Gasteiger partial charge on any atom is -0.326 e. The zero-order chi connectivity index (χ0) is 5.91. The van der Waals surface area contributed by atoms with E-state index in [0.717, 1.165) is 0 Å². The SMILES string of the molecule is C[CH-]C(C)(C)CC. The van der Waals surface area contributed by atoms with Crippen LogP contribution in [-0.2, 0) is 0 Å². The Kier molecular flexibility index (Phi) is 2.34. The predicted octanol–water partition coefficient (Wildman–Crippen LogP) is 2.65. The monoisotopic (exact) mass is 99.1 g/mol. The topological polar surface area (TPSA) is 0 Å². The molecule has 0 saturated heterocycles. The fourth-order valence-corrected chi connectivity index (χ4v) is 0.204. The average molecular weight is 99.2 g/mol. The van der Waals surface area contributed by atoms with Crippen LogP contribution in [0.25, 0.3) is 0 Å². The van der Waals surface area contributed by atoms with Crippen LogP contribution in [0.5, 0.6) is 0 Å². The molecule has 0 spiro atoms. The number of hydrogen-bond donors (Lipinski definition) is 0. The molecule has 0 fully saturated rings. The molecule has 0 aliphatic carbocycles. The average Bonchev–Trinajstić information content (AvgIpc) is 1.68. The van der Waals surface area contributed by atoms with Crippen LogP contribution < -0.4 is 0 Å². The zero-order valence-electron chi connectivity index (χ0n) is 5.78. The lowest BCUT2D eigenvalue weighted by Crippen LogP contribution is -2.06. The number of hydrogen-bond acceptors (Lipinski definition) is 0. The molecule has 0 saturated carbocycles. The Morgan fingerprint density at radius 1 is 1.43 bits per heavy atom. The molecule has 0 heterocycles. The summed E-state index contributed by atoms with van der Waals surface area (Å²) in [5.41, 5.74) is 0.458. The Bertz CT molecular complexity index is 38.0. The summed E-state index contributed by atoms with van der Waals surface area (Å²) in [6, 6.07) is 0. The Hall–Kier alpha value is 0. The van der Waals surface area contributed by atoms with Crippen LogP contribution in [0.4, 0.5) is 0 Å². The van der Waals surface area contributed by atoms with Crippen LogP contribution >= 0.6 is 0 Å². The highest BCUT2D eigenvalue weighted by Crippen LogP contribution is 2.21. The van der Waals surface area contributed by atoms with Gasteiger partial charge in [-0.05, 0) is 0 Å². The van der Waals surface area contributed by atoms with Gasteiger partial charge in [0.25, 0.3) is 0 Å². The van der Waals surface area contributed by atoms with Gasteiger partial charge in [-0.15, -0.1) is 0 Å². The molecule has 0 nitrogen and oxygen atoms in total. The first kappa shape index (κ1) is 7.00. The molecular weight excluding hydrogens is 84.1 g/mol. The van der Waals surface area contributed by atoms with E-state index in [-0.39, 0.29) is 0 Å². The van der Waals surface area contributed by atoms with Crippen molar-refractivity contribution in [3.8, 4) is 0 Å². The third-order valence-corrected chi connectivity index (χ3v) is 1.69. The van der Waals surface area contributed by atoms with Crippen molar-refractivity contribution in [1.29, 1.82) is 0 Å². The van der Waals surface area contributed by atoms with Crippen LogP contribution in [0.2, 0.25) is 0 Å². The van der Waals surface area contributed by atoms with Crippen molar-refractivity contribution in [1.82, 2.24) is 0 Å². The van der Waals surface area contributed by atoms with Crippen molar-refractivity contribution < 1.29 is 0 Å². The van der Waals surface area contributed by atoms with E-state index in [0.29, 0.717) is 5.41 Å². The van der Waals surface area contributed by atoms with Crippen LogP contribution in [0, 0.1) is 11.8 Å². The maximum absolute atomic E-state index is 2.24. The van der Waals surface area contributed by atoms with Crippen LogP contribution in [0.15, 0.2) is 0 Å². The van der Waals surface area contributed by atoms with E-state index in [1.165, 1.54) is 6.42 Å². The third-order valence-electron chi connectivity index (χ3n) is 1.69. The van der Waals surface area contributed by atoms with Gasteiger partial charge in [0, 0.05) is 0 Å². The van der Waals surface area contributed by atoms with Gasteiger partial charge in [-0.25, -0.2) is 0 Å². The minimum atomic E-state index is 0.458. The van der Waals surface area contributed by atoms with E-state index in [4.69, 9.17) is 0 Å². The molecule has 0 amide bonds. The molecule has 0 aliphatic heterocycles. The van der Waals surface area contributed by atoms with E-state index in [9.17, 15) is 0 Å². The number of rotatable bonds is 2. The van der Waals surface area contributed by atoms with E-state index in [1.54, 1.807) is 0 Å². The van der Waals surface area contributed by atoms with Crippen molar-refractivity contribution >= 4 is 0 Å². The van der Waals surface area contributed by atoms with Gasteiger partial charge < -0.3 is 6.42 Å². The Morgan fingerprint density at radius 2 is 1.86 bits per heavy atom. The molecule has 0 radical (unpaired) electrons. The summed E-state index contributed by atoms with van der Waals surface area (Å²) in [5.74, 6) is 0. The Balaban J connectivity index is 3.36. The van der Waals surface area contributed by atoms with Gasteiger partial charge >= 0.3 is 0 Å². The summed E-state index contributed by atoms with van der Waals surface area (Å²) in [4.78, 5) is 0. The summed E-state index contributed by atoms with van der Waals surface area (Å²) in [7, 11) is 0. The molecular formula is C7H15-. The molecule has 0 heteroatoms. The summed E-state index contributed by atoms with van der Waals surface area (Å²) >= 11 is 0. The molecule has 0 aromatic rings. The van der Waals surface area contributed by atoms with Gasteiger partial charge in [-0.1, -0.05) is 27.2 Å². The van der Waals surface area contributed by atoms with Gasteiger partial charge in [0.1, 0.15) is 0 Å². The lowest BCUT2D eigenvalue weighted by atomic mass is 9.88. The molecule has 0 rings (SSSR count). The second-order valence-corrected chi connectivity index (χ2v) is 2.63. The summed E-state index contributed by atoms with van der Waals surface area (Å²) in [6.45, 7) is 8.81. The second kappa shape index (κ2) is 2.34. The van der Waals surface area contributed by atoms with Gasteiger partial charge in [-0.3, -0.25) is 0 Å². The van der Waals surface area contributed by atoms with Crippen LogP contribution in [-0.4, -0.2) is 0 Å². The Morgan fingerprint density at radius 3 is 1.86 bits per heavy atom. The lowest BCUT2D eigenvalue weighted by Gasteiger charge is -2.30. The van der Waals surface area contributed by atoms with E-state index in [2.05, 4.69) is 34.1 Å². The van der Waals surface area contributed by atoms with Crippen molar-refractivity contribution in [3.63, 3.8) is 0 Å². The highest BCUT2D eigenvalue weighted by Gasteiger charge is 1.98. The maximum atomic E-state index is 2.24. The lowest BCUT2D eigenvalue weighted by molar-refractivity contribution is 0.422. The van der Waals surface area contributed by atoms with Crippen LogP contribution in [0.3, 0.4) is 0 Å². The zero-order valence-corrected chi connectivity index (χ0v) is 5.78. The van der Waals surface area contributed by atoms with Gasteiger partial charge in [0.2, 0.25) is 0 Å². The molecule has 44 valence electrons. The third kappa shape index (κ3) is 2.67. The molecule has 0 aliphatic rings. The second-order valence-electron chi connectivity index (χ2n) is 2.63. The summed E-state index contributed by atoms with van der Waals surface area (Å²) in [6.07, 6.45) is 3.48. The molecule has 7 heavy (non-hydrogen) atoms. The molecule has 0 aromatic carbocycles. The Labute approximate surface area is 46.9 Å². The van der Waals surface area contributed by atoms with Gasteiger partial charge in [0.15, 0.2) is 0 Å². The van der Waals surface area contributed by atoms with E-state index in [1.807, 2.05) is 0 Å². The van der Waals surface area contributed by atoms with Gasteiger partial charge in [-0.2, -0.15) is 12.3 Å². The molecule has 0 bridgehead atoms. The minimum absolute atomic E-state index is 0.458. The fraction of sp³-hybridized carbons (Fsp3) is 0.857. The predicted molar refractivity (Wildman–Crippen MR) is 34.0 cm³/mol. The van der Waals surface area contributed by atoms with Crippen LogP contribution in [0.1, 0.15) is 34.1 Å². The van der Waals surface area contributed by atoms with Crippen molar-refractivity contribution in [2.24, 2.45) is 5.41 Å². The fourth-order valence-electron chi connectivity index (χ4n) is 0.204. The first-order valence-electron chi connectivity index (χ1n) is 2.93. The van der Waals surface area contributed by atoms with Crippen molar-refractivity contribution in [3.05, 3.63) is 6.42 Å². The first-order chi connectivity index (χ1) is 3.12. The quantitative estimate of drug-likeness (QED) is 0.467. The normalized spacial score (nSPS) is 12.0. The smallest absolute Gasteiger partial charge is 0.0673 e. The van der Waals surface area contributed by atoms with E-state index >= 15 is 0 Å². The molecule has 0 unspecified atom stereocenters. The molecule has 0 atom stereocenters. The van der Waals surface area contributed by atoms with Crippen molar-refractivity contribution in [2.75, 3.05) is 0 Å². The standard InChI is InChI=1S/C7H15/c1-5-7(3,4)6-2/h5H,6H2,1-4H3/q-1. The summed E-state index contributed by atoms with van der Waals surface area (Å²) < 4.78 is 0. The largest absolute Gasteiger partial charge is 0.326 e. The first-order valence-corrected chi connectivity index (χ1v) is 2.93. The molecule has 0 N–H and O–H groups in total. The van der Waals surface area contributed by atoms with Gasteiger partial charge in [0.05, 0.1) is 0 Å². The maximum Gasteiger partial charge on any atom is -0.0673 e. The van der Waals surface area contributed by atoms with Crippen molar-refractivity contribution in [2.45, 2.75) is 34.1 Å². The highest BCUT2D eigenvalue weighted by atomic mass is 14.1. The van der Waals surface area contributed by atoms with E-state index < -0.39 is 0 Å². The summed E-state index contributed by atoms with van der Waals surface area (Å²) in [5, 5.41) is 0. The highest BCUT2D eigenvalue weighted by molar-refractivity contribution is 4.78.